The molecule has 1 atom stereocenters. The van der Waals surface area contributed by atoms with E-state index in [1.807, 2.05) is 0 Å². The van der Waals surface area contributed by atoms with E-state index < -0.39 is 23.2 Å². The van der Waals surface area contributed by atoms with Crippen LogP contribution in [0.15, 0.2) is 18.2 Å². The molecule has 0 saturated heterocycles. The Morgan fingerprint density at radius 2 is 1.78 bits per heavy atom. The molecule has 1 aromatic rings. The smallest absolute Gasteiger partial charge is 0.316 e. The number of methoxy groups -OCH3 is 1. The molecule has 0 saturated carbocycles. The van der Waals surface area contributed by atoms with Crippen LogP contribution in [-0.2, 0) is 14.4 Å². The number of benzene rings is 1. The first-order chi connectivity index (χ1) is 10.6. The van der Waals surface area contributed by atoms with Gasteiger partial charge in [0.05, 0.1) is 12.8 Å². The molecule has 0 radical (unpaired) electrons. The first-order valence-corrected chi connectivity index (χ1v) is 7.05. The number of carbonyl (C=O) groups is 3. The third-order valence-corrected chi connectivity index (χ3v) is 3.15. The van der Waals surface area contributed by atoms with Gasteiger partial charge in [-0.1, -0.05) is 20.8 Å². The fourth-order valence-electron chi connectivity index (χ4n) is 2.15. The maximum absolute atomic E-state index is 12.3. The summed E-state index contributed by atoms with van der Waals surface area (Å²) in [4.78, 5) is 34.7. The first-order valence-electron chi connectivity index (χ1n) is 7.05. The van der Waals surface area contributed by atoms with Gasteiger partial charge in [0.25, 0.3) is 0 Å². The van der Waals surface area contributed by atoms with Crippen molar-refractivity contribution >= 4 is 29.2 Å². The van der Waals surface area contributed by atoms with Crippen molar-refractivity contribution in [2.24, 2.45) is 11.3 Å². The highest BCUT2D eigenvalue weighted by Gasteiger charge is 2.37. The zero-order chi connectivity index (χ0) is 17.8. The molecule has 1 aromatic carbocycles. The quantitative estimate of drug-likeness (QED) is 0.722. The molecule has 0 aromatic heterocycles. The molecule has 0 fully saturated rings. The Balaban J connectivity index is 3.02. The van der Waals surface area contributed by atoms with E-state index in [9.17, 15) is 19.5 Å². The lowest BCUT2D eigenvalue weighted by molar-refractivity contribution is -0.149. The summed E-state index contributed by atoms with van der Waals surface area (Å²) in [5, 5.41) is 14.4. The average molecular weight is 322 g/mol. The Labute approximate surface area is 135 Å². The second kappa shape index (κ2) is 7.13. The molecule has 126 valence electrons. The number of carboxylic acid groups (broad SMARTS) is 1. The SMILES string of the molecule is COc1cc(NC(=O)C(C(=O)O)C(C)(C)C)ccc1NC(C)=O. The van der Waals surface area contributed by atoms with Gasteiger partial charge in [0.1, 0.15) is 11.7 Å². The van der Waals surface area contributed by atoms with E-state index in [-0.39, 0.29) is 5.91 Å². The molecule has 0 aliphatic heterocycles. The third kappa shape index (κ3) is 4.98. The Kier molecular flexibility index (Phi) is 5.73. The number of amides is 2. The van der Waals surface area contributed by atoms with Crippen LogP contribution >= 0.6 is 0 Å². The fourth-order valence-corrected chi connectivity index (χ4v) is 2.15. The number of aliphatic carboxylic acids is 1. The summed E-state index contributed by atoms with van der Waals surface area (Å²) in [6, 6.07) is 4.65. The summed E-state index contributed by atoms with van der Waals surface area (Å²) in [6.45, 7) is 6.43. The van der Waals surface area contributed by atoms with Gasteiger partial charge in [-0.05, 0) is 17.5 Å². The maximum atomic E-state index is 12.3. The van der Waals surface area contributed by atoms with E-state index in [4.69, 9.17) is 4.74 Å². The predicted molar refractivity (Wildman–Crippen MR) is 86.5 cm³/mol. The lowest BCUT2D eigenvalue weighted by Crippen LogP contribution is -2.39. The minimum Gasteiger partial charge on any atom is -0.494 e. The van der Waals surface area contributed by atoms with E-state index >= 15 is 0 Å². The van der Waals surface area contributed by atoms with Crippen LogP contribution in [0.5, 0.6) is 5.75 Å². The van der Waals surface area contributed by atoms with Crippen molar-refractivity contribution in [1.82, 2.24) is 0 Å². The van der Waals surface area contributed by atoms with Gasteiger partial charge in [-0.2, -0.15) is 0 Å². The Hall–Kier alpha value is -2.57. The van der Waals surface area contributed by atoms with Crippen molar-refractivity contribution in [3.63, 3.8) is 0 Å². The Bertz CT molecular complexity index is 619. The second-order valence-electron chi connectivity index (χ2n) is 6.22. The minimum absolute atomic E-state index is 0.251. The normalized spacial score (nSPS) is 12.2. The summed E-state index contributed by atoms with van der Waals surface area (Å²) in [5.74, 6) is -2.88. The topological polar surface area (TPSA) is 105 Å². The molecule has 1 unspecified atom stereocenters. The van der Waals surface area contributed by atoms with Gasteiger partial charge in [0.15, 0.2) is 0 Å². The van der Waals surface area contributed by atoms with Crippen molar-refractivity contribution in [2.75, 3.05) is 17.7 Å². The van der Waals surface area contributed by atoms with Crippen LogP contribution in [0.25, 0.3) is 0 Å². The van der Waals surface area contributed by atoms with Crippen molar-refractivity contribution in [1.29, 1.82) is 0 Å². The highest BCUT2D eigenvalue weighted by molar-refractivity contribution is 6.05. The molecule has 3 N–H and O–H groups in total. The maximum Gasteiger partial charge on any atom is 0.316 e. The zero-order valence-electron chi connectivity index (χ0n) is 13.9. The highest BCUT2D eigenvalue weighted by atomic mass is 16.5. The highest BCUT2D eigenvalue weighted by Crippen LogP contribution is 2.30. The summed E-state index contributed by atoms with van der Waals surface area (Å²) in [6.07, 6.45) is 0. The Morgan fingerprint density at radius 3 is 2.22 bits per heavy atom. The lowest BCUT2D eigenvalue weighted by Gasteiger charge is -2.26. The second-order valence-corrected chi connectivity index (χ2v) is 6.22. The number of nitrogens with one attached hydrogen (secondary N) is 2. The molecule has 0 spiro atoms. The van der Waals surface area contributed by atoms with Gasteiger partial charge in [-0.3, -0.25) is 14.4 Å². The molecule has 23 heavy (non-hydrogen) atoms. The molecule has 7 heteroatoms. The van der Waals surface area contributed by atoms with E-state index in [0.717, 1.165) is 0 Å². The monoisotopic (exact) mass is 322 g/mol. The van der Waals surface area contributed by atoms with Crippen LogP contribution in [0.2, 0.25) is 0 Å². The number of anilines is 2. The summed E-state index contributed by atoms with van der Waals surface area (Å²) in [5.41, 5.74) is 0.121. The third-order valence-electron chi connectivity index (χ3n) is 3.15. The van der Waals surface area contributed by atoms with Crippen LogP contribution in [0.4, 0.5) is 11.4 Å². The first kappa shape index (κ1) is 18.5. The van der Waals surface area contributed by atoms with Crippen molar-refractivity contribution in [2.45, 2.75) is 27.7 Å². The van der Waals surface area contributed by atoms with Crippen LogP contribution in [-0.4, -0.2) is 30.0 Å². The van der Waals surface area contributed by atoms with Gasteiger partial charge in [0.2, 0.25) is 11.8 Å². The number of rotatable bonds is 5. The van der Waals surface area contributed by atoms with Gasteiger partial charge in [-0.15, -0.1) is 0 Å². The molecule has 0 aliphatic rings. The van der Waals surface area contributed by atoms with E-state index in [2.05, 4.69) is 10.6 Å². The number of ether oxygens (including phenoxy) is 1. The van der Waals surface area contributed by atoms with Gasteiger partial charge < -0.3 is 20.5 Å². The summed E-state index contributed by atoms with van der Waals surface area (Å²) < 4.78 is 5.16. The molecule has 0 bridgehead atoms. The molecule has 1 rings (SSSR count). The zero-order valence-corrected chi connectivity index (χ0v) is 13.9. The van der Waals surface area contributed by atoms with Gasteiger partial charge in [-0.25, -0.2) is 0 Å². The molecule has 0 heterocycles. The number of hydrogen-bond acceptors (Lipinski definition) is 4. The largest absolute Gasteiger partial charge is 0.494 e. The molecule has 2 amide bonds. The lowest BCUT2D eigenvalue weighted by atomic mass is 9.80. The van der Waals surface area contributed by atoms with Crippen LogP contribution in [0.1, 0.15) is 27.7 Å². The van der Waals surface area contributed by atoms with Crippen LogP contribution in [0.3, 0.4) is 0 Å². The Morgan fingerprint density at radius 1 is 1.17 bits per heavy atom. The minimum atomic E-state index is -1.19. The predicted octanol–water partition coefficient (Wildman–Crippen LogP) is 2.34. The number of hydrogen-bond donors (Lipinski definition) is 3. The van der Waals surface area contributed by atoms with E-state index in [1.165, 1.54) is 20.1 Å². The number of carboxylic acids is 1. The summed E-state index contributed by atoms with van der Waals surface area (Å²) in [7, 11) is 1.43. The van der Waals surface area contributed by atoms with Crippen molar-refractivity contribution in [3.8, 4) is 5.75 Å². The number of carbonyl (C=O) groups excluding carboxylic acids is 2. The molecule has 0 aliphatic carbocycles. The summed E-state index contributed by atoms with van der Waals surface area (Å²) >= 11 is 0. The van der Waals surface area contributed by atoms with Gasteiger partial charge >= 0.3 is 5.97 Å². The molecule has 7 nitrogen and oxygen atoms in total. The standard InChI is InChI=1S/C16H22N2O5/c1-9(19)17-11-7-6-10(8-12(11)23-5)18-14(20)13(15(21)22)16(2,3)4/h6-8,13H,1-5H3,(H,17,19)(H,18,20)(H,21,22). The van der Waals surface area contributed by atoms with E-state index in [1.54, 1.807) is 32.9 Å². The van der Waals surface area contributed by atoms with Crippen molar-refractivity contribution < 1.29 is 24.2 Å². The molecular weight excluding hydrogens is 300 g/mol. The van der Waals surface area contributed by atoms with Crippen molar-refractivity contribution in [3.05, 3.63) is 18.2 Å². The van der Waals surface area contributed by atoms with Crippen LogP contribution < -0.4 is 15.4 Å². The van der Waals surface area contributed by atoms with E-state index in [0.29, 0.717) is 17.1 Å². The van der Waals surface area contributed by atoms with Gasteiger partial charge in [0, 0.05) is 18.7 Å². The average Bonchev–Trinajstić information content (AvgIpc) is 2.37. The fraction of sp³-hybridized carbons (Fsp3) is 0.438. The molecular formula is C16H22N2O5. The van der Waals surface area contributed by atoms with Crippen LogP contribution in [0, 0.1) is 11.3 Å².